The highest BCUT2D eigenvalue weighted by atomic mass is 35.5. The van der Waals surface area contributed by atoms with Gasteiger partial charge in [0.1, 0.15) is 11.9 Å². The van der Waals surface area contributed by atoms with E-state index in [0.29, 0.717) is 15.8 Å². The van der Waals surface area contributed by atoms with E-state index in [1.807, 2.05) is 0 Å². The number of benzene rings is 1. The lowest BCUT2D eigenvalue weighted by Crippen LogP contribution is -2.57. The van der Waals surface area contributed by atoms with Gasteiger partial charge in [-0.15, -0.1) is 11.6 Å². The number of halogens is 3. The van der Waals surface area contributed by atoms with Crippen LogP contribution < -0.4 is 4.74 Å². The van der Waals surface area contributed by atoms with Gasteiger partial charge in [0, 0.05) is 28.3 Å². The second-order valence-electron chi connectivity index (χ2n) is 6.03. The second-order valence-corrected chi connectivity index (χ2v) is 7.40. The topological polar surface area (TPSA) is 9.23 Å². The zero-order valence-corrected chi connectivity index (χ0v) is 13.6. The quantitative estimate of drug-likeness (QED) is 0.595. The molecule has 0 radical (unpaired) electrons. The molecule has 0 bridgehead atoms. The van der Waals surface area contributed by atoms with E-state index < -0.39 is 0 Å². The highest BCUT2D eigenvalue weighted by Crippen LogP contribution is 2.55. The Morgan fingerprint density at radius 3 is 2.40 bits per heavy atom. The van der Waals surface area contributed by atoms with E-state index in [0.717, 1.165) is 6.42 Å². The maximum Gasteiger partial charge on any atom is 0.139 e. The van der Waals surface area contributed by atoms with Crippen LogP contribution in [0.2, 0.25) is 10.0 Å². The molecule has 4 heteroatoms. The van der Waals surface area contributed by atoms with Crippen LogP contribution in [0.3, 0.4) is 0 Å². The lowest BCUT2D eigenvalue weighted by Gasteiger charge is -2.53. The van der Waals surface area contributed by atoms with E-state index >= 15 is 0 Å². The average molecular weight is 334 g/mol. The van der Waals surface area contributed by atoms with Crippen molar-refractivity contribution in [3.63, 3.8) is 0 Å². The Kier molecular flexibility index (Phi) is 4.40. The fraction of sp³-hybridized carbons (Fsp3) is 0.625. The summed E-state index contributed by atoms with van der Waals surface area (Å²) in [5.41, 5.74) is 0.143. The van der Waals surface area contributed by atoms with Gasteiger partial charge >= 0.3 is 0 Å². The van der Waals surface area contributed by atoms with Crippen molar-refractivity contribution < 1.29 is 4.74 Å². The van der Waals surface area contributed by atoms with E-state index in [9.17, 15) is 0 Å². The molecule has 3 rings (SSSR count). The van der Waals surface area contributed by atoms with E-state index in [1.165, 1.54) is 38.5 Å². The van der Waals surface area contributed by atoms with Gasteiger partial charge in [-0.3, -0.25) is 0 Å². The summed E-state index contributed by atoms with van der Waals surface area (Å²) in [5.74, 6) is 0.691. The van der Waals surface area contributed by atoms with Gasteiger partial charge < -0.3 is 4.74 Å². The van der Waals surface area contributed by atoms with Gasteiger partial charge in [-0.2, -0.15) is 0 Å². The molecule has 2 aliphatic carbocycles. The van der Waals surface area contributed by atoms with E-state index in [4.69, 9.17) is 39.5 Å². The molecule has 1 aromatic carbocycles. The van der Waals surface area contributed by atoms with Crippen molar-refractivity contribution >= 4 is 34.8 Å². The van der Waals surface area contributed by atoms with Crippen LogP contribution in [0, 0.1) is 5.41 Å². The number of hydrogen-bond acceptors (Lipinski definition) is 1. The molecule has 0 heterocycles. The Balaban J connectivity index is 1.78. The third-order valence-corrected chi connectivity index (χ3v) is 6.04. The zero-order valence-electron chi connectivity index (χ0n) is 11.4. The Morgan fingerprint density at radius 1 is 1.05 bits per heavy atom. The normalized spacial score (nSPS) is 28.8. The fourth-order valence-corrected chi connectivity index (χ4v) is 4.45. The van der Waals surface area contributed by atoms with Gasteiger partial charge in [-0.1, -0.05) is 48.9 Å². The smallest absolute Gasteiger partial charge is 0.139 e. The Morgan fingerprint density at radius 2 is 1.75 bits per heavy atom. The predicted molar refractivity (Wildman–Crippen MR) is 85.3 cm³/mol. The largest absolute Gasteiger partial charge is 0.488 e. The lowest BCUT2D eigenvalue weighted by molar-refractivity contribution is -0.0512. The van der Waals surface area contributed by atoms with Crippen LogP contribution in [0.1, 0.15) is 44.9 Å². The molecular formula is C16H19Cl3O. The van der Waals surface area contributed by atoms with Crippen LogP contribution >= 0.6 is 34.8 Å². The molecule has 20 heavy (non-hydrogen) atoms. The molecule has 0 aliphatic heterocycles. The molecule has 0 amide bonds. The predicted octanol–water partition coefficient (Wildman–Crippen LogP) is 6.09. The van der Waals surface area contributed by atoms with Gasteiger partial charge in [0.15, 0.2) is 0 Å². The number of alkyl halides is 1. The first-order valence-corrected chi connectivity index (χ1v) is 8.57. The first-order valence-electron chi connectivity index (χ1n) is 7.37. The van der Waals surface area contributed by atoms with Crippen LogP contribution in [0.5, 0.6) is 5.75 Å². The maximum atomic E-state index is 6.55. The SMILES string of the molecule is Clc1ccc(Cl)c(OC2CC(Cl)C23CCCCCC3)c1. The lowest BCUT2D eigenvalue weighted by atomic mass is 9.61. The van der Waals surface area contributed by atoms with Gasteiger partial charge in [0.25, 0.3) is 0 Å². The van der Waals surface area contributed by atoms with Gasteiger partial charge in [0.05, 0.1) is 5.02 Å². The van der Waals surface area contributed by atoms with Gasteiger partial charge in [0.2, 0.25) is 0 Å². The molecule has 2 fully saturated rings. The number of rotatable bonds is 2. The van der Waals surface area contributed by atoms with Crippen LogP contribution in [0.4, 0.5) is 0 Å². The molecule has 0 saturated heterocycles. The third kappa shape index (κ3) is 2.65. The van der Waals surface area contributed by atoms with Gasteiger partial charge in [-0.25, -0.2) is 0 Å². The van der Waals surface area contributed by atoms with Crippen molar-refractivity contribution in [1.29, 1.82) is 0 Å². The molecule has 0 N–H and O–H groups in total. The minimum atomic E-state index is 0.143. The van der Waals surface area contributed by atoms with Gasteiger partial charge in [-0.05, 0) is 25.0 Å². The Bertz CT molecular complexity index is 481. The Hall–Kier alpha value is -0.110. The van der Waals surface area contributed by atoms with Crippen LogP contribution in [0.25, 0.3) is 0 Å². The summed E-state index contributed by atoms with van der Waals surface area (Å²) in [5, 5.41) is 1.51. The molecule has 110 valence electrons. The zero-order chi connectivity index (χ0) is 14.2. The maximum absolute atomic E-state index is 6.55. The molecule has 1 nitrogen and oxygen atoms in total. The highest BCUT2D eigenvalue weighted by Gasteiger charge is 2.55. The van der Waals surface area contributed by atoms with Crippen LogP contribution in [-0.2, 0) is 0 Å². The molecule has 2 saturated carbocycles. The summed E-state index contributed by atoms with van der Waals surface area (Å²) in [6.07, 6.45) is 8.57. The van der Waals surface area contributed by atoms with Crippen molar-refractivity contribution in [2.24, 2.45) is 5.41 Å². The van der Waals surface area contributed by atoms with E-state index in [1.54, 1.807) is 18.2 Å². The summed E-state index contributed by atoms with van der Waals surface area (Å²) in [7, 11) is 0. The molecular weight excluding hydrogens is 315 g/mol. The van der Waals surface area contributed by atoms with Crippen molar-refractivity contribution in [3.8, 4) is 5.75 Å². The summed E-state index contributed by atoms with van der Waals surface area (Å²) < 4.78 is 6.18. The standard InChI is InChI=1S/C16H19Cl3O/c17-11-5-6-12(18)13(9-11)20-15-10-14(19)16(15)7-3-1-2-4-8-16/h5-6,9,14-15H,1-4,7-8,10H2. The summed E-state index contributed by atoms with van der Waals surface area (Å²) >= 11 is 18.8. The van der Waals surface area contributed by atoms with Crippen LogP contribution in [0.15, 0.2) is 18.2 Å². The molecule has 2 atom stereocenters. The summed E-state index contributed by atoms with van der Waals surface area (Å²) in [6, 6.07) is 5.37. The van der Waals surface area contributed by atoms with Crippen molar-refractivity contribution in [3.05, 3.63) is 28.2 Å². The molecule has 1 aromatic rings. The van der Waals surface area contributed by atoms with Crippen molar-refractivity contribution in [2.45, 2.75) is 56.4 Å². The average Bonchev–Trinajstić information content (AvgIpc) is 2.70. The van der Waals surface area contributed by atoms with Crippen LogP contribution in [-0.4, -0.2) is 11.5 Å². The summed E-state index contributed by atoms with van der Waals surface area (Å²) in [4.78, 5) is 0. The summed E-state index contributed by atoms with van der Waals surface area (Å²) in [6.45, 7) is 0. The minimum absolute atomic E-state index is 0.143. The molecule has 2 aliphatic rings. The van der Waals surface area contributed by atoms with E-state index in [-0.39, 0.29) is 16.9 Å². The Labute approximate surface area is 135 Å². The van der Waals surface area contributed by atoms with Crippen molar-refractivity contribution in [1.82, 2.24) is 0 Å². The minimum Gasteiger partial charge on any atom is -0.488 e. The molecule has 2 unspecified atom stereocenters. The fourth-order valence-electron chi connectivity index (χ4n) is 3.61. The molecule has 1 spiro atoms. The van der Waals surface area contributed by atoms with Crippen molar-refractivity contribution in [2.75, 3.05) is 0 Å². The monoisotopic (exact) mass is 332 g/mol. The number of hydrogen-bond donors (Lipinski definition) is 0. The van der Waals surface area contributed by atoms with E-state index in [2.05, 4.69) is 0 Å². The first-order chi connectivity index (χ1) is 9.62. The molecule has 0 aromatic heterocycles. The first kappa shape index (κ1) is 14.8. The highest BCUT2D eigenvalue weighted by molar-refractivity contribution is 6.34. The number of ether oxygens (including phenoxy) is 1. The third-order valence-electron chi connectivity index (χ3n) is 4.88. The second kappa shape index (κ2) is 5.94.